The third-order valence-corrected chi connectivity index (χ3v) is 3.89. The minimum atomic E-state index is 0.927. The highest BCUT2D eigenvalue weighted by Crippen LogP contribution is 2.16. The summed E-state index contributed by atoms with van der Waals surface area (Å²) in [5, 5.41) is 5.63. The number of hydrogen-bond acceptors (Lipinski definition) is 2. The molecule has 0 unspecified atom stereocenters. The Morgan fingerprint density at radius 3 is 2.76 bits per heavy atom. The first kappa shape index (κ1) is 13.9. The van der Waals surface area contributed by atoms with Crippen molar-refractivity contribution in [2.75, 3.05) is 6.54 Å². The van der Waals surface area contributed by atoms with E-state index in [9.17, 15) is 0 Å². The van der Waals surface area contributed by atoms with Gasteiger partial charge in [-0.2, -0.15) is 5.10 Å². The van der Waals surface area contributed by atoms with Gasteiger partial charge in [-0.25, -0.2) is 0 Å². The normalized spacial score (nSPS) is 11.6. The van der Waals surface area contributed by atoms with Crippen molar-refractivity contribution in [3.8, 4) is 0 Å². The minimum absolute atomic E-state index is 0.927. The van der Waals surface area contributed by atoms with Gasteiger partial charge in [0, 0.05) is 43.1 Å². The molecule has 4 heteroatoms. The van der Waals surface area contributed by atoms with Crippen molar-refractivity contribution in [3.63, 3.8) is 0 Å². The van der Waals surface area contributed by atoms with E-state index in [0.717, 1.165) is 26.2 Å². The number of aromatic amines is 1. The van der Waals surface area contributed by atoms with Gasteiger partial charge in [0.25, 0.3) is 0 Å². The van der Waals surface area contributed by atoms with Crippen LogP contribution < -0.4 is 0 Å². The van der Waals surface area contributed by atoms with Crippen molar-refractivity contribution in [1.82, 2.24) is 19.7 Å². The second-order valence-electron chi connectivity index (χ2n) is 5.41. The van der Waals surface area contributed by atoms with Gasteiger partial charge >= 0.3 is 0 Å². The number of rotatable bonds is 6. The first-order valence-electron chi connectivity index (χ1n) is 7.58. The SMILES string of the molecule is CCN(Cc1ccc2[nH]ccc2c1)Cc1cnn(CC)c1. The summed E-state index contributed by atoms with van der Waals surface area (Å²) in [7, 11) is 0. The Bertz CT molecular complexity index is 710. The van der Waals surface area contributed by atoms with Gasteiger partial charge in [0.1, 0.15) is 0 Å². The van der Waals surface area contributed by atoms with Crippen LogP contribution in [0.1, 0.15) is 25.0 Å². The molecule has 0 atom stereocenters. The van der Waals surface area contributed by atoms with Crippen LogP contribution in [0.15, 0.2) is 42.9 Å². The zero-order valence-electron chi connectivity index (χ0n) is 12.7. The number of aromatic nitrogens is 3. The number of aryl methyl sites for hydroxylation is 1. The van der Waals surface area contributed by atoms with E-state index < -0.39 is 0 Å². The van der Waals surface area contributed by atoms with Crippen molar-refractivity contribution in [1.29, 1.82) is 0 Å². The van der Waals surface area contributed by atoms with Crippen molar-refractivity contribution >= 4 is 10.9 Å². The lowest BCUT2D eigenvalue weighted by Crippen LogP contribution is -2.22. The first-order chi connectivity index (χ1) is 10.3. The molecule has 110 valence electrons. The van der Waals surface area contributed by atoms with Gasteiger partial charge in [0.2, 0.25) is 0 Å². The van der Waals surface area contributed by atoms with Crippen molar-refractivity contribution in [3.05, 3.63) is 54.0 Å². The first-order valence-corrected chi connectivity index (χ1v) is 7.58. The molecule has 3 rings (SSSR count). The Hall–Kier alpha value is -2.07. The highest BCUT2D eigenvalue weighted by molar-refractivity contribution is 5.79. The molecule has 4 nitrogen and oxygen atoms in total. The molecule has 0 saturated carbocycles. The summed E-state index contributed by atoms with van der Waals surface area (Å²) in [6, 6.07) is 8.76. The summed E-state index contributed by atoms with van der Waals surface area (Å²) >= 11 is 0. The van der Waals surface area contributed by atoms with Crippen LogP contribution in [-0.4, -0.2) is 26.2 Å². The van der Waals surface area contributed by atoms with E-state index in [0.29, 0.717) is 0 Å². The van der Waals surface area contributed by atoms with Gasteiger partial charge in [-0.1, -0.05) is 13.0 Å². The molecule has 0 radical (unpaired) electrons. The molecule has 21 heavy (non-hydrogen) atoms. The molecule has 0 aliphatic carbocycles. The molecule has 1 aromatic carbocycles. The maximum Gasteiger partial charge on any atom is 0.0534 e. The minimum Gasteiger partial charge on any atom is -0.361 e. The van der Waals surface area contributed by atoms with E-state index in [4.69, 9.17) is 0 Å². The Kier molecular flexibility index (Phi) is 4.06. The van der Waals surface area contributed by atoms with Gasteiger partial charge in [0.15, 0.2) is 0 Å². The molecule has 2 heterocycles. The number of hydrogen-bond donors (Lipinski definition) is 1. The summed E-state index contributed by atoms with van der Waals surface area (Å²) in [6.07, 6.45) is 6.10. The molecule has 1 N–H and O–H groups in total. The van der Waals surface area contributed by atoms with Crippen LogP contribution in [0.3, 0.4) is 0 Å². The van der Waals surface area contributed by atoms with Gasteiger partial charge in [-0.05, 0) is 42.6 Å². The van der Waals surface area contributed by atoms with Gasteiger partial charge in [-0.3, -0.25) is 9.58 Å². The Labute approximate surface area is 125 Å². The number of H-pyrrole nitrogens is 1. The lowest BCUT2D eigenvalue weighted by atomic mass is 10.1. The van der Waals surface area contributed by atoms with Crippen LogP contribution in [0.2, 0.25) is 0 Å². The van der Waals surface area contributed by atoms with Gasteiger partial charge in [0.05, 0.1) is 6.20 Å². The molecular formula is C17H22N4. The molecule has 0 spiro atoms. The zero-order valence-corrected chi connectivity index (χ0v) is 12.7. The Balaban J connectivity index is 1.70. The largest absolute Gasteiger partial charge is 0.361 e. The van der Waals surface area contributed by atoms with Crippen LogP contribution in [0.5, 0.6) is 0 Å². The average molecular weight is 282 g/mol. The molecule has 0 saturated heterocycles. The summed E-state index contributed by atoms with van der Waals surface area (Å²) in [4.78, 5) is 5.67. The fourth-order valence-corrected chi connectivity index (χ4v) is 2.66. The second kappa shape index (κ2) is 6.14. The molecule has 3 aromatic rings. The van der Waals surface area contributed by atoms with Gasteiger partial charge < -0.3 is 4.98 Å². The predicted molar refractivity (Wildman–Crippen MR) is 86.0 cm³/mol. The molecule has 0 aliphatic heterocycles. The Morgan fingerprint density at radius 2 is 2.00 bits per heavy atom. The molecule has 0 bridgehead atoms. The highest BCUT2D eigenvalue weighted by Gasteiger charge is 2.07. The van der Waals surface area contributed by atoms with Crippen LogP contribution in [0.25, 0.3) is 10.9 Å². The third kappa shape index (κ3) is 3.16. The standard InChI is InChI=1S/C17H22N4/c1-3-20(12-15-10-19-21(4-2)13-15)11-14-5-6-17-16(9-14)7-8-18-17/h5-10,13,18H,3-4,11-12H2,1-2H3. The number of nitrogens with one attached hydrogen (secondary N) is 1. The average Bonchev–Trinajstić information content (AvgIpc) is 3.14. The fourth-order valence-electron chi connectivity index (χ4n) is 2.66. The topological polar surface area (TPSA) is 36.9 Å². The predicted octanol–water partition coefficient (Wildman–Crippen LogP) is 3.41. The van der Waals surface area contributed by atoms with E-state index in [1.54, 1.807) is 0 Å². The van der Waals surface area contributed by atoms with Crippen molar-refractivity contribution in [2.24, 2.45) is 0 Å². The smallest absolute Gasteiger partial charge is 0.0534 e. The Morgan fingerprint density at radius 1 is 1.14 bits per heavy atom. The molecule has 0 fully saturated rings. The summed E-state index contributed by atoms with van der Waals surface area (Å²) in [5.74, 6) is 0. The maximum atomic E-state index is 4.35. The van der Waals surface area contributed by atoms with Crippen molar-refractivity contribution in [2.45, 2.75) is 33.5 Å². The van der Waals surface area contributed by atoms with Crippen molar-refractivity contribution < 1.29 is 0 Å². The number of benzene rings is 1. The lowest BCUT2D eigenvalue weighted by Gasteiger charge is -2.19. The van der Waals surface area contributed by atoms with Crippen LogP contribution >= 0.6 is 0 Å². The molecule has 0 aliphatic rings. The van der Waals surface area contributed by atoms with E-state index in [1.807, 2.05) is 17.1 Å². The number of nitrogens with zero attached hydrogens (tertiary/aromatic N) is 3. The van der Waals surface area contributed by atoms with Gasteiger partial charge in [-0.15, -0.1) is 0 Å². The lowest BCUT2D eigenvalue weighted by molar-refractivity contribution is 0.271. The summed E-state index contributed by atoms with van der Waals surface area (Å²) in [5.41, 5.74) is 3.83. The monoisotopic (exact) mass is 282 g/mol. The van der Waals surface area contributed by atoms with Crippen LogP contribution in [-0.2, 0) is 19.6 Å². The molecule has 2 aromatic heterocycles. The molecular weight excluding hydrogens is 260 g/mol. The quantitative estimate of drug-likeness (QED) is 0.752. The number of fused-ring (bicyclic) bond motifs is 1. The summed E-state index contributed by atoms with van der Waals surface area (Å²) in [6.45, 7) is 8.19. The van der Waals surface area contributed by atoms with E-state index in [1.165, 1.54) is 22.0 Å². The van der Waals surface area contributed by atoms with E-state index in [-0.39, 0.29) is 0 Å². The third-order valence-electron chi connectivity index (χ3n) is 3.89. The summed E-state index contributed by atoms with van der Waals surface area (Å²) < 4.78 is 1.98. The maximum absolute atomic E-state index is 4.35. The van der Waals surface area contributed by atoms with E-state index >= 15 is 0 Å². The second-order valence-corrected chi connectivity index (χ2v) is 5.41. The van der Waals surface area contributed by atoms with Crippen LogP contribution in [0, 0.1) is 0 Å². The zero-order chi connectivity index (χ0) is 14.7. The molecule has 0 amide bonds. The highest BCUT2D eigenvalue weighted by atomic mass is 15.3. The fraction of sp³-hybridized carbons (Fsp3) is 0.353. The van der Waals surface area contributed by atoms with Crippen LogP contribution in [0.4, 0.5) is 0 Å². The van der Waals surface area contributed by atoms with E-state index in [2.05, 4.69) is 59.3 Å².